The van der Waals surface area contributed by atoms with Gasteiger partial charge in [-0.25, -0.2) is 0 Å². The maximum absolute atomic E-state index is 2.89. The number of hydrogen-bond acceptors (Lipinski definition) is 0. The van der Waals surface area contributed by atoms with E-state index in [1.165, 1.54) is 15.8 Å². The van der Waals surface area contributed by atoms with Gasteiger partial charge in [-0.3, -0.25) is 0 Å². The van der Waals surface area contributed by atoms with Gasteiger partial charge in [0, 0.05) is 0 Å². The van der Waals surface area contributed by atoms with Crippen molar-refractivity contribution in [1.82, 2.24) is 0 Å². The first-order chi connectivity index (χ1) is 12.4. The van der Waals surface area contributed by atoms with Crippen LogP contribution >= 0.6 is 0 Å². The molecule has 0 amide bonds. The normalized spacial score (nSPS) is 11.8. The van der Waals surface area contributed by atoms with E-state index in [9.17, 15) is 0 Å². The summed E-state index contributed by atoms with van der Waals surface area (Å²) in [6, 6.07) is 44.3. The Morgan fingerprint density at radius 1 is 0.280 bits per heavy atom. The summed E-state index contributed by atoms with van der Waals surface area (Å²) in [5.74, 6) is 0. The van der Waals surface area contributed by atoms with E-state index in [2.05, 4.69) is 121 Å². The van der Waals surface area contributed by atoms with Crippen molar-refractivity contribution >= 4 is 15.8 Å². The van der Waals surface area contributed by atoms with Crippen LogP contribution in [0.1, 0.15) is 0 Å². The molecular formula is C24H20Pt. The molecule has 0 bridgehead atoms. The first kappa shape index (κ1) is 16.1. The topological polar surface area (TPSA) is 0 Å². The van der Waals surface area contributed by atoms with Crippen molar-refractivity contribution in [3.8, 4) is 0 Å². The summed E-state index contributed by atoms with van der Waals surface area (Å²) in [7, 11) is 0. The van der Waals surface area contributed by atoms with Crippen molar-refractivity contribution in [2.24, 2.45) is 0 Å². The molecule has 4 aromatic rings. The van der Waals surface area contributed by atoms with Gasteiger partial charge in [-0.1, -0.05) is 0 Å². The van der Waals surface area contributed by atoms with Gasteiger partial charge < -0.3 is 0 Å². The van der Waals surface area contributed by atoms with Gasteiger partial charge in [-0.05, 0) is 0 Å². The number of hydrogen-bond donors (Lipinski definition) is 0. The minimum absolute atomic E-state index is 1.46. The monoisotopic (exact) mass is 503 g/mol. The summed E-state index contributed by atoms with van der Waals surface area (Å²) < 4.78 is 5.83. The van der Waals surface area contributed by atoms with E-state index in [-0.39, 0.29) is 0 Å². The van der Waals surface area contributed by atoms with Gasteiger partial charge in [0.1, 0.15) is 0 Å². The first-order valence-corrected chi connectivity index (χ1v) is 12.8. The van der Waals surface area contributed by atoms with Gasteiger partial charge in [0.05, 0.1) is 0 Å². The molecule has 25 heavy (non-hydrogen) atoms. The average Bonchev–Trinajstić information content (AvgIpc) is 2.72. The average molecular weight is 504 g/mol. The number of rotatable bonds is 4. The Balaban J connectivity index is 2.13. The Kier molecular flexibility index (Phi) is 4.63. The van der Waals surface area contributed by atoms with Crippen molar-refractivity contribution in [2.45, 2.75) is 0 Å². The zero-order valence-electron chi connectivity index (χ0n) is 13.9. The molecule has 0 radical (unpaired) electrons. The summed E-state index contributed by atoms with van der Waals surface area (Å²) >= 11 is -2.89. The molecule has 126 valence electrons. The molecule has 0 aliphatic rings. The SMILES string of the molecule is c1cc[c]([Pt]([c]2ccccc2)([c]2ccccc2)[c]2ccccc2)cc1. The van der Waals surface area contributed by atoms with Crippen molar-refractivity contribution in [3.05, 3.63) is 121 Å². The Hall–Kier alpha value is -2.43. The van der Waals surface area contributed by atoms with Crippen LogP contribution in [-0.2, 0) is 16.1 Å². The molecule has 0 heterocycles. The number of benzene rings is 4. The van der Waals surface area contributed by atoms with Crippen LogP contribution in [0, 0.1) is 0 Å². The fourth-order valence-corrected chi connectivity index (χ4v) is 13.7. The molecule has 0 nitrogen and oxygen atoms in total. The summed E-state index contributed by atoms with van der Waals surface area (Å²) in [6.45, 7) is 0. The third-order valence-electron chi connectivity index (χ3n) is 3.95. The van der Waals surface area contributed by atoms with Crippen molar-refractivity contribution in [1.29, 1.82) is 0 Å². The van der Waals surface area contributed by atoms with Crippen LogP contribution in [0.5, 0.6) is 0 Å². The predicted octanol–water partition coefficient (Wildman–Crippen LogP) is 3.44. The van der Waals surface area contributed by atoms with E-state index in [4.69, 9.17) is 0 Å². The third-order valence-corrected chi connectivity index (χ3v) is 14.8. The van der Waals surface area contributed by atoms with Gasteiger partial charge in [0.15, 0.2) is 0 Å². The van der Waals surface area contributed by atoms with Crippen LogP contribution in [0.2, 0.25) is 0 Å². The molecule has 0 aliphatic carbocycles. The van der Waals surface area contributed by atoms with Crippen LogP contribution in [0.25, 0.3) is 0 Å². The standard InChI is InChI=1S/4C6H5.Pt/c4*1-2-4-6-5-3-1;/h4*1-5H;. The summed E-state index contributed by atoms with van der Waals surface area (Å²) in [4.78, 5) is 0. The van der Waals surface area contributed by atoms with Crippen LogP contribution in [0.4, 0.5) is 0 Å². The molecule has 0 spiro atoms. The molecule has 0 saturated heterocycles. The first-order valence-electron chi connectivity index (χ1n) is 8.28. The van der Waals surface area contributed by atoms with E-state index in [1.54, 1.807) is 0 Å². The third kappa shape index (κ3) is 2.88. The maximum atomic E-state index is 2.31. The molecule has 0 aromatic heterocycles. The Morgan fingerprint density at radius 3 is 0.680 bits per heavy atom. The van der Waals surface area contributed by atoms with E-state index >= 15 is 0 Å². The molecule has 4 aromatic carbocycles. The van der Waals surface area contributed by atoms with Gasteiger partial charge in [0.25, 0.3) is 0 Å². The second kappa shape index (κ2) is 7.21. The molecule has 0 unspecified atom stereocenters. The fraction of sp³-hybridized carbons (Fsp3) is 0. The van der Waals surface area contributed by atoms with Crippen LogP contribution in [0.3, 0.4) is 0 Å². The molecule has 0 saturated carbocycles. The van der Waals surface area contributed by atoms with E-state index in [0.717, 1.165) is 0 Å². The van der Waals surface area contributed by atoms with Crippen molar-refractivity contribution in [2.75, 3.05) is 0 Å². The molecule has 0 N–H and O–H groups in total. The molecule has 1 heteroatoms. The molecule has 0 atom stereocenters. The zero-order chi connectivity index (χ0) is 17.0. The molecule has 0 fully saturated rings. The van der Waals surface area contributed by atoms with Gasteiger partial charge in [-0.2, -0.15) is 0 Å². The van der Waals surface area contributed by atoms with Crippen LogP contribution in [-0.4, -0.2) is 0 Å². The van der Waals surface area contributed by atoms with E-state index in [0.29, 0.717) is 0 Å². The second-order valence-corrected chi connectivity index (χ2v) is 14.2. The Morgan fingerprint density at radius 2 is 0.480 bits per heavy atom. The summed E-state index contributed by atoms with van der Waals surface area (Å²) in [5, 5.41) is 0. The predicted molar refractivity (Wildman–Crippen MR) is 104 cm³/mol. The van der Waals surface area contributed by atoms with Gasteiger partial charge in [-0.15, -0.1) is 0 Å². The van der Waals surface area contributed by atoms with Crippen molar-refractivity contribution < 1.29 is 16.1 Å². The molecular weight excluding hydrogens is 483 g/mol. The summed E-state index contributed by atoms with van der Waals surface area (Å²) in [5.41, 5.74) is 0. The quantitative estimate of drug-likeness (QED) is 0.401. The fourth-order valence-electron chi connectivity index (χ4n) is 2.88. The second-order valence-electron chi connectivity index (χ2n) is 5.51. The molecule has 0 aliphatic heterocycles. The van der Waals surface area contributed by atoms with Gasteiger partial charge in [0.2, 0.25) is 0 Å². The summed E-state index contributed by atoms with van der Waals surface area (Å²) in [6.07, 6.45) is 0. The minimum atomic E-state index is -2.89. The van der Waals surface area contributed by atoms with E-state index in [1.807, 2.05) is 0 Å². The molecule has 4 rings (SSSR count). The van der Waals surface area contributed by atoms with E-state index < -0.39 is 16.1 Å². The Labute approximate surface area is 153 Å². The van der Waals surface area contributed by atoms with Gasteiger partial charge >= 0.3 is 153 Å². The Bertz CT molecular complexity index is 753. The van der Waals surface area contributed by atoms with Crippen LogP contribution in [0.15, 0.2) is 121 Å². The van der Waals surface area contributed by atoms with Crippen molar-refractivity contribution in [3.63, 3.8) is 0 Å². The zero-order valence-corrected chi connectivity index (χ0v) is 16.1. The van der Waals surface area contributed by atoms with Crippen LogP contribution < -0.4 is 15.8 Å².